The maximum Gasteiger partial charge on any atom is 0.127 e. The van der Waals surface area contributed by atoms with E-state index in [9.17, 15) is 14.6 Å². The molecule has 0 bridgehead atoms. The predicted molar refractivity (Wildman–Crippen MR) is 84.7 cm³/mol. The SMILES string of the molecule is CC[C@H](CN(C)C)[C@@](O)(c1cc(O)cc(F)c1)[C@H]1C#CC1C. The highest BCUT2D eigenvalue weighted by Gasteiger charge is 2.48. The number of benzene rings is 1. The lowest BCUT2D eigenvalue weighted by atomic mass is 9.64. The first-order chi connectivity index (χ1) is 10.3. The molecule has 1 aromatic carbocycles. The van der Waals surface area contributed by atoms with Crippen molar-refractivity contribution >= 4 is 0 Å². The van der Waals surface area contributed by atoms with Gasteiger partial charge in [0.05, 0.1) is 5.92 Å². The number of nitrogens with zero attached hydrogens (tertiary/aromatic N) is 1. The molecular weight excluding hydrogens is 281 g/mol. The first-order valence-electron chi connectivity index (χ1n) is 7.67. The zero-order chi connectivity index (χ0) is 16.5. The Morgan fingerprint density at radius 2 is 2.00 bits per heavy atom. The first kappa shape index (κ1) is 16.8. The molecule has 0 spiro atoms. The number of rotatable bonds is 6. The summed E-state index contributed by atoms with van der Waals surface area (Å²) in [6, 6.07) is 3.81. The predicted octanol–water partition coefficient (Wildman–Crippen LogP) is 2.58. The molecule has 4 heteroatoms. The number of halogens is 1. The number of hydrogen-bond acceptors (Lipinski definition) is 3. The third kappa shape index (κ3) is 2.97. The van der Waals surface area contributed by atoms with Crippen LogP contribution in [0.25, 0.3) is 0 Å². The van der Waals surface area contributed by atoms with Crippen LogP contribution in [-0.2, 0) is 5.60 Å². The fourth-order valence-corrected chi connectivity index (χ4v) is 3.32. The fourth-order valence-electron chi connectivity index (χ4n) is 3.32. The van der Waals surface area contributed by atoms with Gasteiger partial charge in [0.25, 0.3) is 0 Å². The summed E-state index contributed by atoms with van der Waals surface area (Å²) in [5.41, 5.74) is -0.868. The monoisotopic (exact) mass is 305 g/mol. The average Bonchev–Trinajstić information content (AvgIpc) is 2.41. The summed E-state index contributed by atoms with van der Waals surface area (Å²) in [6.07, 6.45) is 0.733. The summed E-state index contributed by atoms with van der Waals surface area (Å²) in [5, 5.41) is 21.3. The van der Waals surface area contributed by atoms with Gasteiger partial charge in [-0.1, -0.05) is 25.7 Å². The molecule has 4 atom stereocenters. The van der Waals surface area contributed by atoms with Gasteiger partial charge in [0, 0.05) is 24.4 Å². The van der Waals surface area contributed by atoms with Crippen LogP contribution in [0.5, 0.6) is 5.75 Å². The molecule has 1 aliphatic carbocycles. The highest BCUT2D eigenvalue weighted by Crippen LogP contribution is 2.45. The molecule has 3 nitrogen and oxygen atoms in total. The Labute approximate surface area is 131 Å². The van der Waals surface area contributed by atoms with Crippen LogP contribution in [0.15, 0.2) is 18.2 Å². The summed E-state index contributed by atoms with van der Waals surface area (Å²) in [5.74, 6) is 5.02. The first-order valence-corrected chi connectivity index (χ1v) is 7.67. The van der Waals surface area contributed by atoms with Gasteiger partial charge in [-0.3, -0.25) is 0 Å². The number of phenolic OH excluding ortho intramolecular Hbond substituents is 1. The van der Waals surface area contributed by atoms with Crippen LogP contribution < -0.4 is 0 Å². The Hall–Kier alpha value is -1.57. The van der Waals surface area contributed by atoms with Crippen molar-refractivity contribution in [1.82, 2.24) is 4.90 Å². The number of aliphatic hydroxyl groups is 1. The standard InChI is InChI=1S/C18H24FNO2/c1-5-13(11-20(3)4)18(22,17-7-6-12(17)2)14-8-15(19)10-16(21)9-14/h8-10,12-13,17,21-22H,5,11H2,1-4H3/t12?,13-,17+,18-/m1/s1. The van der Waals surface area contributed by atoms with Crippen LogP contribution >= 0.6 is 0 Å². The van der Waals surface area contributed by atoms with Crippen molar-refractivity contribution in [2.45, 2.75) is 25.9 Å². The summed E-state index contributed by atoms with van der Waals surface area (Å²) in [7, 11) is 3.89. The second-order valence-electron chi connectivity index (χ2n) is 6.45. The van der Waals surface area contributed by atoms with E-state index in [-0.39, 0.29) is 23.5 Å². The quantitative estimate of drug-likeness (QED) is 0.794. The summed E-state index contributed by atoms with van der Waals surface area (Å²) < 4.78 is 13.8. The molecule has 22 heavy (non-hydrogen) atoms. The van der Waals surface area contributed by atoms with Gasteiger partial charge in [0.15, 0.2) is 0 Å². The van der Waals surface area contributed by atoms with Crippen LogP contribution in [-0.4, -0.2) is 35.8 Å². The van der Waals surface area contributed by atoms with E-state index in [0.717, 1.165) is 12.5 Å². The lowest BCUT2D eigenvalue weighted by molar-refractivity contribution is -0.0796. The van der Waals surface area contributed by atoms with Gasteiger partial charge < -0.3 is 15.1 Å². The van der Waals surface area contributed by atoms with E-state index in [1.54, 1.807) is 0 Å². The second-order valence-corrected chi connectivity index (χ2v) is 6.45. The molecule has 1 aliphatic rings. The fraction of sp³-hybridized carbons (Fsp3) is 0.556. The van der Waals surface area contributed by atoms with Crippen molar-refractivity contribution in [1.29, 1.82) is 0 Å². The van der Waals surface area contributed by atoms with E-state index in [0.29, 0.717) is 12.1 Å². The van der Waals surface area contributed by atoms with Crippen molar-refractivity contribution < 1.29 is 14.6 Å². The van der Waals surface area contributed by atoms with Gasteiger partial charge in [-0.05, 0) is 38.2 Å². The normalized spacial score (nSPS) is 24.1. The molecule has 0 aromatic heterocycles. The number of hydrogen-bond donors (Lipinski definition) is 2. The Kier molecular flexibility index (Phi) is 4.79. The maximum atomic E-state index is 13.8. The molecule has 120 valence electrons. The molecule has 0 aliphatic heterocycles. The summed E-state index contributed by atoms with van der Waals surface area (Å²) in [6.45, 7) is 4.64. The molecule has 0 heterocycles. The number of phenols is 1. The maximum absolute atomic E-state index is 13.8. The van der Waals surface area contributed by atoms with Gasteiger partial charge in [0.2, 0.25) is 0 Å². The molecule has 1 unspecified atom stereocenters. The average molecular weight is 305 g/mol. The third-order valence-electron chi connectivity index (χ3n) is 4.49. The molecule has 0 saturated heterocycles. The Bertz CT molecular complexity index is 585. The molecule has 2 rings (SSSR count). The minimum absolute atomic E-state index is 0.0478. The van der Waals surface area contributed by atoms with Crippen LogP contribution in [0, 0.1) is 35.4 Å². The van der Waals surface area contributed by atoms with Gasteiger partial charge in [-0.2, -0.15) is 0 Å². The minimum Gasteiger partial charge on any atom is -0.508 e. The molecule has 0 amide bonds. The van der Waals surface area contributed by atoms with E-state index in [1.165, 1.54) is 12.1 Å². The molecule has 1 aromatic rings. The van der Waals surface area contributed by atoms with Crippen molar-refractivity contribution in [3.63, 3.8) is 0 Å². The summed E-state index contributed by atoms with van der Waals surface area (Å²) >= 11 is 0. The summed E-state index contributed by atoms with van der Waals surface area (Å²) in [4.78, 5) is 2.01. The van der Waals surface area contributed by atoms with E-state index < -0.39 is 11.4 Å². The van der Waals surface area contributed by atoms with Crippen LogP contribution in [0.3, 0.4) is 0 Å². The molecule has 0 radical (unpaired) electrons. The van der Waals surface area contributed by atoms with Gasteiger partial charge in [0.1, 0.15) is 17.2 Å². The highest BCUT2D eigenvalue weighted by atomic mass is 19.1. The van der Waals surface area contributed by atoms with Crippen LogP contribution in [0.4, 0.5) is 4.39 Å². The van der Waals surface area contributed by atoms with Gasteiger partial charge in [-0.15, -0.1) is 0 Å². The largest absolute Gasteiger partial charge is 0.508 e. The van der Waals surface area contributed by atoms with E-state index in [1.807, 2.05) is 32.8 Å². The Balaban J connectivity index is 2.52. The van der Waals surface area contributed by atoms with Gasteiger partial charge in [-0.25, -0.2) is 4.39 Å². The molecule has 0 fully saturated rings. The Morgan fingerprint density at radius 3 is 2.41 bits per heavy atom. The van der Waals surface area contributed by atoms with Crippen LogP contribution in [0.2, 0.25) is 0 Å². The number of aromatic hydroxyl groups is 1. The van der Waals surface area contributed by atoms with E-state index in [2.05, 4.69) is 11.8 Å². The molecule has 0 saturated carbocycles. The minimum atomic E-state index is -1.27. The topological polar surface area (TPSA) is 43.7 Å². The second kappa shape index (κ2) is 6.28. The molecular formula is C18H24FNO2. The smallest absolute Gasteiger partial charge is 0.127 e. The van der Waals surface area contributed by atoms with Crippen molar-refractivity contribution in [2.24, 2.45) is 17.8 Å². The van der Waals surface area contributed by atoms with E-state index in [4.69, 9.17) is 0 Å². The van der Waals surface area contributed by atoms with Crippen molar-refractivity contribution in [3.05, 3.63) is 29.6 Å². The molecule has 2 N–H and O–H groups in total. The van der Waals surface area contributed by atoms with E-state index >= 15 is 0 Å². The van der Waals surface area contributed by atoms with Crippen molar-refractivity contribution in [3.8, 4) is 17.6 Å². The van der Waals surface area contributed by atoms with Crippen molar-refractivity contribution in [2.75, 3.05) is 20.6 Å². The highest BCUT2D eigenvalue weighted by molar-refractivity contribution is 5.38. The zero-order valence-corrected chi connectivity index (χ0v) is 13.6. The lowest BCUT2D eigenvalue weighted by Crippen LogP contribution is -2.49. The zero-order valence-electron chi connectivity index (χ0n) is 13.6. The van der Waals surface area contributed by atoms with Crippen LogP contribution in [0.1, 0.15) is 25.8 Å². The third-order valence-corrected chi connectivity index (χ3v) is 4.49. The Morgan fingerprint density at radius 1 is 1.32 bits per heavy atom. The lowest BCUT2D eigenvalue weighted by Gasteiger charge is -2.45. The van der Waals surface area contributed by atoms with Gasteiger partial charge >= 0.3 is 0 Å².